The van der Waals surface area contributed by atoms with Gasteiger partial charge in [0.05, 0.1) is 10.4 Å². The molecule has 31 heavy (non-hydrogen) atoms. The standard InChI is InChI=1S/C23H27BrO7/c1-12(25)31-11-19(29)23(30)17(27)9-16-15-5-4-13-8-14(26)6-7-20(13,2)22(15,24)18(28)10-21(16,23)3/h6-9,15,17-18,27-28,30H,4-5,10-11H2,1-3H3/t15?,17-,18?,20?,21?,22+,23+/m1/s1. The number of allylic oxidation sites excluding steroid dienone is 4. The summed E-state index contributed by atoms with van der Waals surface area (Å²) in [6.45, 7) is 4.14. The number of carbonyl (C=O) groups is 3. The van der Waals surface area contributed by atoms with Gasteiger partial charge < -0.3 is 20.1 Å². The lowest BCUT2D eigenvalue weighted by molar-refractivity contribution is -0.176. The van der Waals surface area contributed by atoms with Gasteiger partial charge in [0.25, 0.3) is 0 Å². The third-order valence-corrected chi connectivity index (χ3v) is 10.0. The van der Waals surface area contributed by atoms with Crippen LogP contribution in [0.25, 0.3) is 0 Å². The van der Waals surface area contributed by atoms with Crippen molar-refractivity contribution >= 4 is 33.5 Å². The number of aliphatic hydroxyl groups excluding tert-OH is 2. The predicted molar refractivity (Wildman–Crippen MR) is 114 cm³/mol. The molecule has 0 spiro atoms. The molecule has 7 atom stereocenters. The lowest BCUT2D eigenvalue weighted by atomic mass is 9.47. The Labute approximate surface area is 189 Å². The molecule has 2 saturated carbocycles. The summed E-state index contributed by atoms with van der Waals surface area (Å²) in [4.78, 5) is 36.1. The summed E-state index contributed by atoms with van der Waals surface area (Å²) in [5.41, 5.74) is -2.49. The van der Waals surface area contributed by atoms with Crippen molar-refractivity contribution in [1.82, 2.24) is 0 Å². The maximum absolute atomic E-state index is 12.9. The number of aliphatic hydroxyl groups is 3. The van der Waals surface area contributed by atoms with E-state index in [2.05, 4.69) is 15.9 Å². The molecule has 4 aliphatic rings. The molecule has 0 bridgehead atoms. The minimum absolute atomic E-state index is 0.00457. The van der Waals surface area contributed by atoms with E-state index in [1.54, 1.807) is 13.0 Å². The zero-order chi connectivity index (χ0) is 23.0. The predicted octanol–water partition coefficient (Wildman–Crippen LogP) is 1.54. The van der Waals surface area contributed by atoms with Crippen LogP contribution in [0.3, 0.4) is 0 Å². The van der Waals surface area contributed by atoms with E-state index in [1.165, 1.54) is 12.2 Å². The smallest absolute Gasteiger partial charge is 0.303 e. The molecule has 0 aliphatic heterocycles. The molecular weight excluding hydrogens is 468 g/mol. The molecule has 0 amide bonds. The quantitative estimate of drug-likeness (QED) is 0.309. The summed E-state index contributed by atoms with van der Waals surface area (Å²) in [5.74, 6) is -1.85. The third-order valence-electron chi connectivity index (χ3n) is 8.11. The van der Waals surface area contributed by atoms with Crippen LogP contribution in [0.2, 0.25) is 0 Å². The van der Waals surface area contributed by atoms with Crippen LogP contribution in [0.1, 0.15) is 40.0 Å². The molecule has 2 fully saturated rings. The zero-order valence-electron chi connectivity index (χ0n) is 17.7. The monoisotopic (exact) mass is 494 g/mol. The molecule has 0 radical (unpaired) electrons. The lowest BCUT2D eigenvalue weighted by Gasteiger charge is -2.62. The van der Waals surface area contributed by atoms with Crippen LogP contribution < -0.4 is 0 Å². The molecule has 168 valence electrons. The molecule has 0 heterocycles. The van der Waals surface area contributed by atoms with Gasteiger partial charge in [0.2, 0.25) is 5.78 Å². The van der Waals surface area contributed by atoms with E-state index in [-0.39, 0.29) is 18.1 Å². The molecule has 0 aromatic rings. The van der Waals surface area contributed by atoms with Gasteiger partial charge in [-0.3, -0.25) is 14.4 Å². The number of fused-ring (bicyclic) bond motifs is 5. The van der Waals surface area contributed by atoms with Gasteiger partial charge in [-0.1, -0.05) is 53.1 Å². The highest BCUT2D eigenvalue weighted by Gasteiger charge is 2.72. The fourth-order valence-corrected chi connectivity index (χ4v) is 7.37. The largest absolute Gasteiger partial charge is 0.458 e. The highest BCUT2D eigenvalue weighted by atomic mass is 79.9. The summed E-state index contributed by atoms with van der Waals surface area (Å²) in [6, 6.07) is 0. The Kier molecular flexibility index (Phi) is 5.06. The van der Waals surface area contributed by atoms with Gasteiger partial charge in [-0.2, -0.15) is 0 Å². The number of ketones is 2. The second-order valence-corrected chi connectivity index (χ2v) is 10.9. The van der Waals surface area contributed by atoms with E-state index in [9.17, 15) is 29.7 Å². The Morgan fingerprint density at radius 1 is 1.29 bits per heavy atom. The van der Waals surface area contributed by atoms with Crippen molar-refractivity contribution in [1.29, 1.82) is 0 Å². The fraction of sp³-hybridized carbons (Fsp3) is 0.609. The van der Waals surface area contributed by atoms with Crippen LogP contribution in [-0.4, -0.2) is 61.6 Å². The molecule has 7 nitrogen and oxygen atoms in total. The normalized spacial score (nSPS) is 45.8. The molecular formula is C23H27BrO7. The van der Waals surface area contributed by atoms with Crippen molar-refractivity contribution in [2.75, 3.05) is 6.61 Å². The maximum Gasteiger partial charge on any atom is 0.303 e. The van der Waals surface area contributed by atoms with Crippen LogP contribution in [0.5, 0.6) is 0 Å². The summed E-state index contributed by atoms with van der Waals surface area (Å²) in [7, 11) is 0. The van der Waals surface area contributed by atoms with E-state index < -0.39 is 51.3 Å². The number of esters is 1. The molecule has 4 unspecified atom stereocenters. The average molecular weight is 495 g/mol. The van der Waals surface area contributed by atoms with Crippen molar-refractivity contribution in [2.24, 2.45) is 16.7 Å². The van der Waals surface area contributed by atoms with Gasteiger partial charge in [-0.25, -0.2) is 0 Å². The SMILES string of the molecule is CC(=O)OCC(=O)[C@@]1(O)[C@H](O)C=C2C3CCC4=CC(=O)C=CC4(C)[C@@]3(Br)C(O)CC21C. The van der Waals surface area contributed by atoms with Crippen molar-refractivity contribution in [3.05, 3.63) is 35.5 Å². The highest BCUT2D eigenvalue weighted by Crippen LogP contribution is 2.69. The van der Waals surface area contributed by atoms with Crippen molar-refractivity contribution in [2.45, 2.75) is 62.2 Å². The first-order chi connectivity index (χ1) is 14.3. The van der Waals surface area contributed by atoms with Crippen molar-refractivity contribution < 1.29 is 34.4 Å². The van der Waals surface area contributed by atoms with E-state index in [1.807, 2.05) is 13.0 Å². The second kappa shape index (κ2) is 6.94. The van der Waals surface area contributed by atoms with Crippen LogP contribution in [0, 0.1) is 16.7 Å². The Hall–Kier alpha value is -1.61. The number of ether oxygens (including phenoxy) is 1. The maximum atomic E-state index is 12.9. The summed E-state index contributed by atoms with van der Waals surface area (Å²) >= 11 is 3.85. The Morgan fingerprint density at radius 3 is 2.61 bits per heavy atom. The van der Waals surface area contributed by atoms with Gasteiger partial charge in [-0.05, 0) is 37.3 Å². The van der Waals surface area contributed by atoms with Gasteiger partial charge in [-0.15, -0.1) is 0 Å². The number of halogens is 1. The van der Waals surface area contributed by atoms with Gasteiger partial charge >= 0.3 is 5.97 Å². The molecule has 0 aromatic carbocycles. The van der Waals surface area contributed by atoms with E-state index in [0.29, 0.717) is 18.4 Å². The van der Waals surface area contributed by atoms with Crippen LogP contribution in [0.15, 0.2) is 35.5 Å². The molecule has 0 aromatic heterocycles. The summed E-state index contributed by atoms with van der Waals surface area (Å²) in [5, 5.41) is 33.8. The number of Topliss-reactive ketones (excluding diaryl/α,β-unsaturated/α-hetero) is 1. The zero-order valence-corrected chi connectivity index (χ0v) is 19.3. The lowest BCUT2D eigenvalue weighted by Crippen LogP contribution is -2.68. The molecule has 4 aliphatic carbocycles. The second-order valence-electron chi connectivity index (χ2n) is 9.56. The Balaban J connectivity index is 1.78. The van der Waals surface area contributed by atoms with Crippen LogP contribution in [0.4, 0.5) is 0 Å². The minimum Gasteiger partial charge on any atom is -0.458 e. The Bertz CT molecular complexity index is 967. The number of rotatable bonds is 3. The number of hydrogen-bond acceptors (Lipinski definition) is 7. The molecule has 0 saturated heterocycles. The number of hydrogen-bond donors (Lipinski definition) is 3. The van der Waals surface area contributed by atoms with Gasteiger partial charge in [0, 0.05) is 17.8 Å². The first-order valence-corrected chi connectivity index (χ1v) is 11.2. The number of carbonyl (C=O) groups excluding carboxylic acids is 3. The van der Waals surface area contributed by atoms with E-state index >= 15 is 0 Å². The average Bonchev–Trinajstić information content (AvgIpc) is 2.89. The highest BCUT2D eigenvalue weighted by molar-refractivity contribution is 9.10. The molecule has 4 rings (SSSR count). The van der Waals surface area contributed by atoms with Gasteiger partial charge in [0.15, 0.2) is 18.0 Å². The number of alkyl halides is 1. The molecule has 3 N–H and O–H groups in total. The van der Waals surface area contributed by atoms with Crippen molar-refractivity contribution in [3.8, 4) is 0 Å². The van der Waals surface area contributed by atoms with Gasteiger partial charge in [0.1, 0.15) is 6.10 Å². The minimum atomic E-state index is -2.22. The van der Waals surface area contributed by atoms with E-state index in [0.717, 1.165) is 12.5 Å². The third kappa shape index (κ3) is 2.71. The fourth-order valence-electron chi connectivity index (χ4n) is 6.34. The first-order valence-electron chi connectivity index (χ1n) is 10.4. The summed E-state index contributed by atoms with van der Waals surface area (Å²) < 4.78 is 3.92. The Morgan fingerprint density at radius 2 is 1.97 bits per heavy atom. The van der Waals surface area contributed by atoms with Crippen molar-refractivity contribution in [3.63, 3.8) is 0 Å². The first kappa shape index (κ1) is 22.6. The topological polar surface area (TPSA) is 121 Å². The van der Waals surface area contributed by atoms with E-state index in [4.69, 9.17) is 4.74 Å². The van der Waals surface area contributed by atoms with Crippen LogP contribution >= 0.6 is 15.9 Å². The summed E-state index contributed by atoms with van der Waals surface area (Å²) in [6.07, 6.45) is 5.17. The van der Waals surface area contributed by atoms with Crippen LogP contribution in [-0.2, 0) is 19.1 Å². The molecule has 8 heteroatoms.